The summed E-state index contributed by atoms with van der Waals surface area (Å²) < 4.78 is 39.4. The molecular formula is C43H74O10. The smallest absolute Gasteiger partial charge is 0.202 e. The molecule has 5 rings (SSSR count). The number of ketones is 1. The largest absolute Gasteiger partial charge is 0.392 e. The van der Waals surface area contributed by atoms with Gasteiger partial charge in [0, 0.05) is 43.1 Å². The van der Waals surface area contributed by atoms with E-state index in [1.165, 1.54) is 0 Å². The molecule has 0 saturated carbocycles. The summed E-state index contributed by atoms with van der Waals surface area (Å²) >= 11 is 0. The number of carbonyl (C=O) groups is 1. The van der Waals surface area contributed by atoms with Crippen LogP contribution in [-0.4, -0.2) is 100 Å². The molecule has 0 aromatic heterocycles. The summed E-state index contributed by atoms with van der Waals surface area (Å²) in [6.07, 6.45) is 7.76. The predicted octanol–water partition coefficient (Wildman–Crippen LogP) is 6.75. The summed E-state index contributed by atoms with van der Waals surface area (Å²) in [4.78, 5) is 14.5. The van der Waals surface area contributed by atoms with Crippen LogP contribution in [0.15, 0.2) is 12.2 Å². The van der Waals surface area contributed by atoms with Crippen molar-refractivity contribution in [2.45, 2.75) is 199 Å². The highest BCUT2D eigenvalue weighted by Crippen LogP contribution is 2.54. The van der Waals surface area contributed by atoms with Gasteiger partial charge in [-0.2, -0.15) is 0 Å². The molecule has 0 bridgehead atoms. The summed E-state index contributed by atoms with van der Waals surface area (Å²) in [6.45, 7) is 21.0. The average molecular weight is 751 g/mol. The molecule has 0 aromatic carbocycles. The molecule has 53 heavy (non-hydrogen) atoms. The lowest BCUT2D eigenvalue weighted by Gasteiger charge is -2.54. The van der Waals surface area contributed by atoms with E-state index in [9.17, 15) is 20.1 Å². The Morgan fingerprint density at radius 2 is 1.66 bits per heavy atom. The second-order valence-corrected chi connectivity index (χ2v) is 18.2. The molecule has 18 atom stereocenters. The Hall–Kier alpha value is -0.950. The van der Waals surface area contributed by atoms with E-state index in [1.807, 2.05) is 47.6 Å². The summed E-state index contributed by atoms with van der Waals surface area (Å²) in [6, 6.07) is 0. The van der Waals surface area contributed by atoms with Gasteiger partial charge in [-0.1, -0.05) is 55.4 Å². The number of aliphatic hydroxyl groups excluding tert-OH is 2. The minimum Gasteiger partial charge on any atom is -0.392 e. The van der Waals surface area contributed by atoms with Gasteiger partial charge in [-0.05, 0) is 95.6 Å². The van der Waals surface area contributed by atoms with Crippen molar-refractivity contribution in [2.24, 2.45) is 41.4 Å². The molecule has 0 unspecified atom stereocenters. The second kappa shape index (κ2) is 16.9. The molecule has 5 aliphatic rings. The number of ether oxygens (including phenoxy) is 6. The Morgan fingerprint density at radius 3 is 2.28 bits per heavy atom. The van der Waals surface area contributed by atoms with Crippen LogP contribution in [0.4, 0.5) is 0 Å². The van der Waals surface area contributed by atoms with E-state index in [4.69, 9.17) is 28.4 Å². The van der Waals surface area contributed by atoms with Crippen LogP contribution in [0.2, 0.25) is 0 Å². The van der Waals surface area contributed by atoms with Crippen LogP contribution in [0.5, 0.6) is 0 Å². The van der Waals surface area contributed by atoms with Crippen molar-refractivity contribution in [3.05, 3.63) is 12.2 Å². The van der Waals surface area contributed by atoms with Gasteiger partial charge in [0.25, 0.3) is 0 Å². The first kappa shape index (κ1) is 43.2. The fraction of sp³-hybridized carbons (Fsp3) is 0.930. The van der Waals surface area contributed by atoms with E-state index in [-0.39, 0.29) is 53.9 Å². The maximum absolute atomic E-state index is 14.5. The van der Waals surface area contributed by atoms with E-state index < -0.39 is 52.9 Å². The third-order valence-electron chi connectivity index (χ3n) is 14.7. The monoisotopic (exact) mass is 751 g/mol. The molecule has 0 aromatic rings. The lowest BCUT2D eigenvalue weighted by molar-refractivity contribution is -0.409. The quantitative estimate of drug-likeness (QED) is 0.174. The first-order valence-electron chi connectivity index (χ1n) is 21.1. The maximum atomic E-state index is 14.5. The SMILES string of the molecule is CC[C@@H](COC)[C@H]1CC[C@H](C)[C@H]([C@@H](C)[C@H](O)[C@H](C)C(=O)[C@H](CC)[C@H]2O[C@]3(C=C[C@@H](O)[C@]4(CC[C@@](C)([C@H]5CC[C@](O)(CC)[C@H](C)O5)O4)O3)[C@H](C)C[C@@H]2C)O1. The number of aliphatic hydroxyl groups is 3. The van der Waals surface area contributed by atoms with Crippen LogP contribution in [0, 0.1) is 41.4 Å². The molecule has 4 fully saturated rings. The van der Waals surface area contributed by atoms with Crippen molar-refractivity contribution in [2.75, 3.05) is 13.7 Å². The van der Waals surface area contributed by atoms with E-state index in [2.05, 4.69) is 27.7 Å². The molecule has 0 aliphatic carbocycles. The first-order valence-corrected chi connectivity index (χ1v) is 21.1. The highest BCUT2D eigenvalue weighted by atomic mass is 16.8. The molecule has 5 aliphatic heterocycles. The fourth-order valence-corrected chi connectivity index (χ4v) is 10.6. The maximum Gasteiger partial charge on any atom is 0.202 e. The van der Waals surface area contributed by atoms with Gasteiger partial charge in [-0.15, -0.1) is 0 Å². The van der Waals surface area contributed by atoms with Crippen molar-refractivity contribution >= 4 is 5.78 Å². The van der Waals surface area contributed by atoms with Crippen molar-refractivity contribution < 1.29 is 48.5 Å². The number of hydrogen-bond donors (Lipinski definition) is 3. The minimum absolute atomic E-state index is 0.00549. The number of Topliss-reactive ketones (excluding diaryl/α,β-unsaturated/α-hetero) is 1. The summed E-state index contributed by atoms with van der Waals surface area (Å²) in [5, 5.41) is 34.3. The summed E-state index contributed by atoms with van der Waals surface area (Å²) in [7, 11) is 1.73. The topological polar surface area (TPSA) is 133 Å². The van der Waals surface area contributed by atoms with Gasteiger partial charge in [0.1, 0.15) is 11.9 Å². The predicted molar refractivity (Wildman–Crippen MR) is 203 cm³/mol. The van der Waals surface area contributed by atoms with Crippen molar-refractivity contribution in [1.82, 2.24) is 0 Å². The Kier molecular flexibility index (Phi) is 13.7. The van der Waals surface area contributed by atoms with Gasteiger partial charge in [-0.25, -0.2) is 0 Å². The van der Waals surface area contributed by atoms with Gasteiger partial charge in [0.05, 0.1) is 54.4 Å². The molecule has 2 spiro atoms. The zero-order chi connectivity index (χ0) is 39.1. The number of hydrogen-bond acceptors (Lipinski definition) is 10. The van der Waals surface area contributed by atoms with Gasteiger partial charge < -0.3 is 43.7 Å². The van der Waals surface area contributed by atoms with Crippen LogP contribution < -0.4 is 0 Å². The lowest BCUT2D eigenvalue weighted by atomic mass is 9.72. The number of rotatable bonds is 13. The third kappa shape index (κ3) is 8.25. The van der Waals surface area contributed by atoms with Crippen LogP contribution in [0.25, 0.3) is 0 Å². The second-order valence-electron chi connectivity index (χ2n) is 18.2. The third-order valence-corrected chi connectivity index (χ3v) is 14.7. The molecule has 4 saturated heterocycles. The number of methoxy groups -OCH3 is 1. The summed E-state index contributed by atoms with van der Waals surface area (Å²) in [5.41, 5.74) is -1.59. The molecule has 3 N–H and O–H groups in total. The molecular weight excluding hydrogens is 676 g/mol. The molecule has 5 heterocycles. The molecule has 306 valence electrons. The standard InChI is InChI=1S/C43H74O10/c1-12-31(24-48-11)33-16-15-25(4)38(50-33)29(8)36(45)28(7)37(46)32(13-2)39-26(5)23-27(6)42(51-39)20-17-34(44)43(53-42)22-21-40(10,52-43)35-18-19-41(47,14-3)30(9)49-35/h17,20,25-36,38-39,44-45,47H,12-16,18-19,21-24H2,1-11H3/t25-,26-,27+,28-,29-,30-,31-,32-,33+,34+,35+,36+,38+,39-,40-,41+,42-,43-/m0/s1. The van der Waals surface area contributed by atoms with Crippen molar-refractivity contribution in [1.29, 1.82) is 0 Å². The Balaban J connectivity index is 1.30. The molecule has 10 nitrogen and oxygen atoms in total. The normalized spacial score (nSPS) is 46.3. The van der Waals surface area contributed by atoms with E-state index in [1.54, 1.807) is 13.2 Å². The lowest BCUT2D eigenvalue weighted by Crippen LogP contribution is -2.63. The van der Waals surface area contributed by atoms with Crippen LogP contribution in [0.1, 0.15) is 133 Å². The van der Waals surface area contributed by atoms with Crippen LogP contribution >= 0.6 is 0 Å². The zero-order valence-corrected chi connectivity index (χ0v) is 34.7. The first-order chi connectivity index (χ1) is 24.9. The Bertz CT molecular complexity index is 1260. The Labute approximate surface area is 320 Å². The van der Waals surface area contributed by atoms with Crippen LogP contribution in [-0.2, 0) is 33.2 Å². The molecule has 0 radical (unpaired) electrons. The van der Waals surface area contributed by atoms with Crippen molar-refractivity contribution in [3.63, 3.8) is 0 Å². The van der Waals surface area contributed by atoms with Gasteiger partial charge in [0.15, 0.2) is 5.79 Å². The highest BCUT2D eigenvalue weighted by molar-refractivity contribution is 5.84. The van der Waals surface area contributed by atoms with E-state index >= 15 is 0 Å². The fourth-order valence-electron chi connectivity index (χ4n) is 10.6. The van der Waals surface area contributed by atoms with Gasteiger partial charge >= 0.3 is 0 Å². The minimum atomic E-state index is -1.34. The van der Waals surface area contributed by atoms with Gasteiger partial charge in [-0.3, -0.25) is 4.79 Å². The number of carbonyl (C=O) groups excluding carboxylic acids is 1. The van der Waals surface area contributed by atoms with E-state index in [0.717, 1.165) is 25.7 Å². The molecule has 10 heteroatoms. The van der Waals surface area contributed by atoms with E-state index in [0.29, 0.717) is 51.0 Å². The van der Waals surface area contributed by atoms with Gasteiger partial charge in [0.2, 0.25) is 5.79 Å². The Morgan fingerprint density at radius 1 is 0.943 bits per heavy atom. The van der Waals surface area contributed by atoms with Crippen molar-refractivity contribution in [3.8, 4) is 0 Å². The zero-order valence-electron chi connectivity index (χ0n) is 34.7. The highest BCUT2D eigenvalue weighted by Gasteiger charge is 2.63. The van der Waals surface area contributed by atoms with Crippen LogP contribution in [0.3, 0.4) is 0 Å². The summed E-state index contributed by atoms with van der Waals surface area (Å²) in [5.74, 6) is -3.30. The molecule has 0 amide bonds. The average Bonchev–Trinajstić information content (AvgIpc) is 3.49.